The second-order valence-electron chi connectivity index (χ2n) is 14.6. The maximum Gasteiger partial charge on any atom is 0.328 e. The molecule has 0 bridgehead atoms. The summed E-state index contributed by atoms with van der Waals surface area (Å²) in [6.07, 6.45) is 8.07. The Hall–Kier alpha value is -2.10. The number of likely N-dealkylation sites (tertiary alicyclic amines) is 1. The van der Waals surface area contributed by atoms with Gasteiger partial charge in [0.05, 0.1) is 23.1 Å². The number of methoxy groups -OCH3 is 1. The maximum absolute atomic E-state index is 14.2. The predicted molar refractivity (Wildman–Crippen MR) is 159 cm³/mol. The van der Waals surface area contributed by atoms with Crippen molar-refractivity contribution in [3.8, 4) is 0 Å². The first-order chi connectivity index (χ1) is 19.0. The van der Waals surface area contributed by atoms with E-state index in [1.165, 1.54) is 7.11 Å². The third-order valence-electron chi connectivity index (χ3n) is 10.9. The first-order valence-corrected chi connectivity index (χ1v) is 17.0. The minimum Gasteiger partial charge on any atom is -0.467 e. The summed E-state index contributed by atoms with van der Waals surface area (Å²) < 4.78 is 31.1. The number of fused-ring (bicyclic) bond motifs is 1. The third-order valence-corrected chi connectivity index (χ3v) is 13.6. The van der Waals surface area contributed by atoms with Crippen LogP contribution >= 0.6 is 0 Å². The van der Waals surface area contributed by atoms with Crippen molar-refractivity contribution in [3.63, 3.8) is 0 Å². The van der Waals surface area contributed by atoms with E-state index in [1.807, 2.05) is 19.9 Å². The first kappa shape index (κ1) is 31.8. The fourth-order valence-electron chi connectivity index (χ4n) is 7.71. The molecule has 7 atom stereocenters. The summed E-state index contributed by atoms with van der Waals surface area (Å²) in [5.74, 6) is -0.761. The molecule has 1 heterocycles. The number of nitrogens with one attached hydrogen (secondary N) is 2. The van der Waals surface area contributed by atoms with E-state index in [2.05, 4.69) is 24.5 Å². The number of piperidine rings is 1. The Morgan fingerprint density at radius 2 is 1.73 bits per heavy atom. The van der Waals surface area contributed by atoms with Gasteiger partial charge in [-0.3, -0.25) is 4.79 Å². The molecule has 1 saturated heterocycles. The summed E-state index contributed by atoms with van der Waals surface area (Å²) in [5, 5.41) is 6.10. The number of amides is 3. The molecule has 4 aliphatic rings. The van der Waals surface area contributed by atoms with Gasteiger partial charge in [0.25, 0.3) is 0 Å². The Bertz CT molecular complexity index is 1180. The van der Waals surface area contributed by atoms with Gasteiger partial charge in [-0.2, -0.15) is 0 Å². The molecule has 4 rings (SSSR count). The molecule has 0 radical (unpaired) electrons. The number of hydrogen-bond donors (Lipinski definition) is 2. The van der Waals surface area contributed by atoms with Crippen LogP contribution in [0.3, 0.4) is 0 Å². The highest BCUT2D eigenvalue weighted by molar-refractivity contribution is 7.92. The van der Waals surface area contributed by atoms with Crippen LogP contribution in [0.25, 0.3) is 0 Å². The fourth-order valence-corrected chi connectivity index (χ4v) is 9.42. The molecule has 9 nitrogen and oxygen atoms in total. The van der Waals surface area contributed by atoms with Crippen LogP contribution in [0, 0.1) is 29.1 Å². The van der Waals surface area contributed by atoms with Crippen LogP contribution in [-0.2, 0) is 24.2 Å². The summed E-state index contributed by atoms with van der Waals surface area (Å²) in [4.78, 5) is 42.5. The van der Waals surface area contributed by atoms with E-state index in [0.717, 1.165) is 44.1 Å². The number of ether oxygens (including phenoxy) is 1. The predicted octanol–water partition coefficient (Wildman–Crippen LogP) is 4.22. The molecule has 1 aliphatic heterocycles. The van der Waals surface area contributed by atoms with Gasteiger partial charge in [-0.15, -0.1) is 0 Å². The average molecular weight is 594 g/mol. The Morgan fingerprint density at radius 3 is 2.27 bits per heavy atom. The van der Waals surface area contributed by atoms with Gasteiger partial charge >= 0.3 is 12.0 Å². The highest BCUT2D eigenvalue weighted by Gasteiger charge is 2.70. The Kier molecular flexibility index (Phi) is 8.69. The van der Waals surface area contributed by atoms with E-state index >= 15 is 0 Å². The second-order valence-corrected chi connectivity index (χ2v) is 17.4. The molecule has 0 spiro atoms. The van der Waals surface area contributed by atoms with Crippen molar-refractivity contribution in [1.29, 1.82) is 0 Å². The Balaban J connectivity index is 1.62. The number of carbonyl (C=O) groups excluding carboxylic acids is 3. The van der Waals surface area contributed by atoms with Gasteiger partial charge in [0, 0.05) is 12.5 Å². The smallest absolute Gasteiger partial charge is 0.328 e. The Morgan fingerprint density at radius 1 is 1.10 bits per heavy atom. The van der Waals surface area contributed by atoms with Gasteiger partial charge in [-0.05, 0) is 88.0 Å². The lowest BCUT2D eigenvalue weighted by Gasteiger charge is -2.48. The van der Waals surface area contributed by atoms with Gasteiger partial charge in [-0.1, -0.05) is 40.2 Å². The number of rotatable bonds is 7. The molecule has 2 saturated carbocycles. The third kappa shape index (κ3) is 5.78. The van der Waals surface area contributed by atoms with Gasteiger partial charge in [0.1, 0.15) is 12.1 Å². The van der Waals surface area contributed by atoms with Crippen molar-refractivity contribution in [1.82, 2.24) is 15.5 Å². The first-order valence-electron chi connectivity index (χ1n) is 15.4. The van der Waals surface area contributed by atoms with Gasteiger partial charge in [0.15, 0.2) is 9.84 Å². The monoisotopic (exact) mass is 593 g/mol. The zero-order valence-corrected chi connectivity index (χ0v) is 27.0. The summed E-state index contributed by atoms with van der Waals surface area (Å²) >= 11 is 0. The van der Waals surface area contributed by atoms with Crippen LogP contribution in [0.1, 0.15) is 93.4 Å². The molecule has 3 fully saturated rings. The van der Waals surface area contributed by atoms with Crippen LogP contribution < -0.4 is 10.6 Å². The van der Waals surface area contributed by atoms with Crippen molar-refractivity contribution in [2.45, 2.75) is 116 Å². The molecule has 3 aliphatic carbocycles. The van der Waals surface area contributed by atoms with Crippen molar-refractivity contribution in [3.05, 3.63) is 11.6 Å². The summed E-state index contributed by atoms with van der Waals surface area (Å²) in [7, 11) is -2.21. The van der Waals surface area contributed by atoms with E-state index in [-0.39, 0.29) is 40.7 Å². The quantitative estimate of drug-likeness (QED) is 0.337. The number of carbonyl (C=O) groups is 3. The normalized spacial score (nSPS) is 33.7. The number of esters is 1. The molecular weight excluding hydrogens is 542 g/mol. The number of allylic oxidation sites excluding steroid dienone is 1. The van der Waals surface area contributed by atoms with Crippen LogP contribution in [0.5, 0.6) is 0 Å². The van der Waals surface area contributed by atoms with E-state index in [9.17, 15) is 22.8 Å². The van der Waals surface area contributed by atoms with Crippen LogP contribution in [-0.4, -0.2) is 73.0 Å². The number of urea groups is 1. The summed E-state index contributed by atoms with van der Waals surface area (Å²) in [6.45, 7) is 13.8. The van der Waals surface area contributed by atoms with E-state index in [4.69, 9.17) is 4.74 Å². The highest BCUT2D eigenvalue weighted by Crippen LogP contribution is 2.65. The molecule has 0 aromatic rings. The van der Waals surface area contributed by atoms with E-state index in [1.54, 1.807) is 25.7 Å². The second kappa shape index (κ2) is 11.2. The lowest BCUT2D eigenvalue weighted by atomic mass is 9.68. The maximum atomic E-state index is 14.2. The zero-order chi connectivity index (χ0) is 30.5. The molecule has 10 heteroatoms. The van der Waals surface area contributed by atoms with Crippen molar-refractivity contribution >= 4 is 27.7 Å². The van der Waals surface area contributed by atoms with Crippen LogP contribution in [0.2, 0.25) is 0 Å². The SMILES string of the molecule is COC(=O)[C@@H]1[C@@H]2[C@H](CN1C(=O)[C@@H](NC(=O)N[C@@]1(CS(=O)(=O)C(C)(C)C)[C@H](C)CCC[C@@H]1C)C1=CCCCC1)C2(C)C. The van der Waals surface area contributed by atoms with Gasteiger partial charge < -0.3 is 20.3 Å². The van der Waals surface area contributed by atoms with Crippen LogP contribution in [0.15, 0.2) is 11.6 Å². The standard InChI is InChI=1S/C31H51N3O6S/c1-19-13-12-14-20(2)31(19,18-41(38,39)29(3,4)5)33-28(37)32-24(21-15-10-9-11-16-21)26(35)34-17-22-23(30(22,6)7)25(34)27(36)40-8/h15,19-20,22-25H,9-14,16-18H2,1-8H3,(H2,32,33,37)/t19-,20+,22-,23-,24-,25-,31+/m0/s1. The Labute approximate surface area is 246 Å². The summed E-state index contributed by atoms with van der Waals surface area (Å²) in [5.41, 5.74) is -0.157. The lowest BCUT2D eigenvalue weighted by molar-refractivity contribution is -0.153. The minimum absolute atomic E-state index is 0.0310. The van der Waals surface area contributed by atoms with Crippen molar-refractivity contribution in [2.75, 3.05) is 19.4 Å². The molecule has 0 aromatic heterocycles. The molecule has 3 amide bonds. The number of hydrogen-bond acceptors (Lipinski definition) is 6. The van der Waals surface area contributed by atoms with Crippen molar-refractivity contribution < 1.29 is 27.5 Å². The lowest BCUT2D eigenvalue weighted by Crippen LogP contribution is -2.66. The van der Waals surface area contributed by atoms with Crippen LogP contribution in [0.4, 0.5) is 4.79 Å². The topological polar surface area (TPSA) is 122 Å². The fraction of sp³-hybridized carbons (Fsp3) is 0.839. The zero-order valence-electron chi connectivity index (χ0n) is 26.2. The summed E-state index contributed by atoms with van der Waals surface area (Å²) in [6, 6.07) is -2.14. The minimum atomic E-state index is -3.56. The average Bonchev–Trinajstić information content (AvgIpc) is 3.22. The van der Waals surface area contributed by atoms with E-state index < -0.39 is 44.2 Å². The molecule has 0 aromatic carbocycles. The molecule has 41 heavy (non-hydrogen) atoms. The largest absolute Gasteiger partial charge is 0.467 e. The van der Waals surface area contributed by atoms with Gasteiger partial charge in [-0.25, -0.2) is 18.0 Å². The molecule has 232 valence electrons. The number of sulfone groups is 1. The van der Waals surface area contributed by atoms with E-state index in [0.29, 0.717) is 13.0 Å². The molecular formula is C31H51N3O6S. The number of nitrogens with zero attached hydrogens (tertiary/aromatic N) is 1. The van der Waals surface area contributed by atoms with Gasteiger partial charge in [0.2, 0.25) is 5.91 Å². The highest BCUT2D eigenvalue weighted by atomic mass is 32.2. The van der Waals surface area contributed by atoms with Crippen molar-refractivity contribution in [2.24, 2.45) is 29.1 Å². The molecule has 0 unspecified atom stereocenters. The molecule has 2 N–H and O–H groups in total.